The third kappa shape index (κ3) is 41.8. The van der Waals surface area contributed by atoms with Crippen molar-refractivity contribution in [2.45, 2.75) is 71.1 Å². The van der Waals surface area contributed by atoms with E-state index < -0.39 is 12.1 Å². The molecule has 1 aromatic heterocycles. The first-order valence-electron chi connectivity index (χ1n) is 9.72. The van der Waals surface area contributed by atoms with Gasteiger partial charge in [0.15, 0.2) is 0 Å². The predicted molar refractivity (Wildman–Crippen MR) is 133 cm³/mol. The van der Waals surface area contributed by atoms with E-state index in [1.807, 2.05) is 17.5 Å². The molecule has 10 N–H and O–H groups in total. The molecule has 0 aliphatic heterocycles. The molecule has 170 valence electrons. The maximum absolute atomic E-state index is 9.00. The van der Waals surface area contributed by atoms with Gasteiger partial charge in [0.1, 0.15) is 4.99 Å². The summed E-state index contributed by atoms with van der Waals surface area (Å²) in [4.78, 5) is 19.5. The molecule has 29 heavy (non-hydrogen) atoms. The SMILES string of the molecule is CCCCCCCCCCCCS.NC(=S)c1cccs1.NC(N)=O.NC(N)=O. The van der Waals surface area contributed by atoms with E-state index >= 15 is 0 Å². The fourth-order valence-corrected chi connectivity index (χ4v) is 3.03. The average molecular weight is 466 g/mol. The van der Waals surface area contributed by atoms with E-state index in [1.54, 1.807) is 11.3 Å². The Morgan fingerprint density at radius 1 is 0.862 bits per heavy atom. The fraction of sp³-hybridized carbons (Fsp3) is 0.632. The van der Waals surface area contributed by atoms with E-state index in [9.17, 15) is 0 Å². The molecule has 1 rings (SSSR count). The number of hydrogen-bond donors (Lipinski definition) is 6. The minimum Gasteiger partial charge on any atom is -0.389 e. The molecule has 1 aromatic rings. The van der Waals surface area contributed by atoms with Crippen LogP contribution in [0.15, 0.2) is 17.5 Å². The van der Waals surface area contributed by atoms with E-state index in [0.717, 1.165) is 10.6 Å². The van der Waals surface area contributed by atoms with Gasteiger partial charge < -0.3 is 28.7 Å². The van der Waals surface area contributed by atoms with Crippen molar-refractivity contribution in [2.24, 2.45) is 28.7 Å². The average Bonchev–Trinajstić information content (AvgIpc) is 3.15. The van der Waals surface area contributed by atoms with Crippen molar-refractivity contribution in [3.63, 3.8) is 0 Å². The summed E-state index contributed by atoms with van der Waals surface area (Å²) in [6.07, 6.45) is 14.2. The van der Waals surface area contributed by atoms with Crippen LogP contribution in [0.1, 0.15) is 76.0 Å². The van der Waals surface area contributed by atoms with Crippen LogP contribution in [0.2, 0.25) is 0 Å². The third-order valence-corrected chi connectivity index (χ3v) is 4.84. The summed E-state index contributed by atoms with van der Waals surface area (Å²) < 4.78 is 0. The molecule has 1 heterocycles. The van der Waals surface area contributed by atoms with Gasteiger partial charge in [0.05, 0.1) is 4.88 Å². The summed E-state index contributed by atoms with van der Waals surface area (Å²) >= 11 is 10.5. The molecular weight excluding hydrogens is 426 g/mol. The largest absolute Gasteiger partial charge is 0.389 e. The van der Waals surface area contributed by atoms with Crippen molar-refractivity contribution in [1.82, 2.24) is 0 Å². The van der Waals surface area contributed by atoms with Gasteiger partial charge >= 0.3 is 12.1 Å². The molecule has 4 amide bonds. The van der Waals surface area contributed by atoms with Crippen LogP contribution in [-0.4, -0.2) is 22.8 Å². The van der Waals surface area contributed by atoms with Gasteiger partial charge in [-0.1, -0.05) is 83.0 Å². The van der Waals surface area contributed by atoms with Crippen LogP contribution in [-0.2, 0) is 0 Å². The predicted octanol–water partition coefficient (Wildman–Crippen LogP) is 4.27. The van der Waals surface area contributed by atoms with Crippen molar-refractivity contribution < 1.29 is 9.59 Å². The van der Waals surface area contributed by atoms with Crippen LogP contribution >= 0.6 is 36.2 Å². The van der Waals surface area contributed by atoms with Crippen LogP contribution < -0.4 is 28.7 Å². The summed E-state index contributed by atoms with van der Waals surface area (Å²) in [6.45, 7) is 2.28. The zero-order valence-corrected chi connectivity index (χ0v) is 20.0. The van der Waals surface area contributed by atoms with Gasteiger partial charge in [0, 0.05) is 0 Å². The summed E-state index contributed by atoms with van der Waals surface area (Å²) in [7, 11) is 0. The molecule has 10 heteroatoms. The second kappa shape index (κ2) is 26.5. The zero-order chi connectivity index (χ0) is 22.9. The van der Waals surface area contributed by atoms with Crippen LogP contribution in [0.4, 0.5) is 9.59 Å². The summed E-state index contributed by atoms with van der Waals surface area (Å²) in [5.74, 6) is 1.07. The highest BCUT2D eigenvalue weighted by molar-refractivity contribution is 7.81. The molecule has 0 fully saturated rings. The smallest absolute Gasteiger partial charge is 0.309 e. The highest BCUT2D eigenvalue weighted by Crippen LogP contribution is 2.10. The number of thiophene rings is 1. The number of unbranched alkanes of at least 4 members (excludes halogenated alkanes) is 9. The number of carbonyl (C=O) groups is 2. The Labute approximate surface area is 190 Å². The van der Waals surface area contributed by atoms with E-state index in [-0.39, 0.29) is 0 Å². The van der Waals surface area contributed by atoms with E-state index in [1.165, 1.54) is 64.2 Å². The number of hydrogen-bond acceptors (Lipinski definition) is 5. The molecule has 7 nitrogen and oxygen atoms in total. The van der Waals surface area contributed by atoms with Crippen LogP contribution in [0.5, 0.6) is 0 Å². The zero-order valence-electron chi connectivity index (χ0n) is 17.5. The van der Waals surface area contributed by atoms with Crippen molar-refractivity contribution in [3.05, 3.63) is 22.4 Å². The Morgan fingerprint density at radius 3 is 1.48 bits per heavy atom. The highest BCUT2D eigenvalue weighted by Gasteiger charge is 1.92. The topological polar surface area (TPSA) is 164 Å². The Morgan fingerprint density at radius 2 is 1.24 bits per heavy atom. The molecule has 0 saturated heterocycles. The minimum absolute atomic E-state index is 0.486. The van der Waals surface area contributed by atoms with Crippen molar-refractivity contribution in [2.75, 3.05) is 5.75 Å². The monoisotopic (exact) mass is 465 g/mol. The number of nitrogens with two attached hydrogens (primary N) is 5. The highest BCUT2D eigenvalue weighted by atomic mass is 32.1. The number of primary amides is 4. The molecular formula is C19H39N5O2S3. The molecule has 0 aliphatic carbocycles. The van der Waals surface area contributed by atoms with Crippen LogP contribution in [0, 0.1) is 0 Å². The summed E-state index contributed by atoms with van der Waals surface area (Å²) in [5, 5.41) is 1.95. The van der Waals surface area contributed by atoms with E-state index in [2.05, 4.69) is 42.5 Å². The maximum Gasteiger partial charge on any atom is 0.309 e. The Hall–Kier alpha value is -1.52. The van der Waals surface area contributed by atoms with Crippen molar-refractivity contribution >= 4 is 53.2 Å². The van der Waals surface area contributed by atoms with Crippen molar-refractivity contribution in [3.8, 4) is 0 Å². The molecule has 0 spiro atoms. The summed E-state index contributed by atoms with van der Waals surface area (Å²) in [5.41, 5.74) is 22.3. The second-order valence-corrected chi connectivity index (χ2v) is 7.89. The van der Waals surface area contributed by atoms with Gasteiger partial charge in [-0.2, -0.15) is 12.6 Å². The van der Waals surface area contributed by atoms with Gasteiger partial charge in [-0.15, -0.1) is 11.3 Å². The lowest BCUT2D eigenvalue weighted by molar-refractivity contribution is 0.255. The first-order chi connectivity index (χ1) is 13.7. The van der Waals surface area contributed by atoms with Crippen LogP contribution in [0.3, 0.4) is 0 Å². The maximum atomic E-state index is 9.00. The fourth-order valence-electron chi connectivity index (χ4n) is 2.02. The molecule has 0 saturated carbocycles. The molecule has 0 atom stereocenters. The van der Waals surface area contributed by atoms with E-state index in [0.29, 0.717) is 4.99 Å². The lowest BCUT2D eigenvalue weighted by Crippen LogP contribution is -2.18. The normalized spacial score (nSPS) is 8.90. The van der Waals surface area contributed by atoms with Crippen LogP contribution in [0.25, 0.3) is 0 Å². The Bertz CT molecular complexity index is 470. The first kappa shape index (κ1) is 32.2. The van der Waals surface area contributed by atoms with Gasteiger partial charge in [-0.05, 0) is 23.6 Å². The molecule has 0 unspecified atom stereocenters. The molecule has 0 aliphatic rings. The third-order valence-electron chi connectivity index (χ3n) is 3.28. The van der Waals surface area contributed by atoms with Crippen molar-refractivity contribution in [1.29, 1.82) is 0 Å². The first-order valence-corrected chi connectivity index (χ1v) is 11.6. The minimum atomic E-state index is -0.833. The summed E-state index contributed by atoms with van der Waals surface area (Å²) in [6, 6.07) is 2.17. The Balaban J connectivity index is -0.000000356. The van der Waals surface area contributed by atoms with Gasteiger partial charge in [0.25, 0.3) is 0 Å². The number of carbonyl (C=O) groups excluding carboxylic acids is 2. The quantitative estimate of drug-likeness (QED) is 0.163. The molecule has 0 aromatic carbocycles. The lowest BCUT2D eigenvalue weighted by Gasteiger charge is -2.00. The van der Waals surface area contributed by atoms with Gasteiger partial charge in [0.2, 0.25) is 0 Å². The second-order valence-electron chi connectivity index (χ2n) is 6.05. The van der Waals surface area contributed by atoms with E-state index in [4.69, 9.17) is 27.5 Å². The molecule has 0 radical (unpaired) electrons. The number of thiocarbonyl (C=S) groups is 1. The molecule has 0 bridgehead atoms. The standard InChI is InChI=1S/C12H26S.C5H5NS2.2CH4N2O/c1-2-3-4-5-6-7-8-9-10-11-12-13;6-5(7)4-2-1-3-8-4;2*2-1(3)4/h13H,2-12H2,1H3;1-3H,(H2,6,7);2*(H4,2,3,4). The van der Waals surface area contributed by atoms with Gasteiger partial charge in [-0.25, -0.2) is 9.59 Å². The number of amides is 4. The lowest BCUT2D eigenvalue weighted by atomic mass is 10.1. The van der Waals surface area contributed by atoms with Gasteiger partial charge in [-0.3, -0.25) is 0 Å². The Kier molecular flexibility index (Phi) is 29.4. The number of thiol groups is 1. The number of urea groups is 2. The number of rotatable bonds is 11.